The lowest BCUT2D eigenvalue weighted by Gasteiger charge is -2.29. The average molecular weight is 375 g/mol. The Morgan fingerprint density at radius 1 is 1.15 bits per heavy atom. The molecule has 0 spiro atoms. The molecular weight excluding hydrogens is 359 g/mol. The highest BCUT2D eigenvalue weighted by Crippen LogP contribution is 2.39. The molecule has 1 N–H and O–H groups in total. The Morgan fingerprint density at radius 3 is 2.50 bits per heavy atom. The molecule has 1 fully saturated rings. The molecule has 2 aromatic carbocycles. The Morgan fingerprint density at radius 2 is 1.85 bits per heavy atom. The lowest BCUT2D eigenvalue weighted by molar-refractivity contribution is 0.0688. The Hall–Kier alpha value is -2.57. The van der Waals surface area contributed by atoms with Gasteiger partial charge in [-0.25, -0.2) is 9.18 Å². The molecule has 0 unspecified atom stereocenters. The number of para-hydroxylation sites is 1. The van der Waals surface area contributed by atoms with E-state index in [-0.39, 0.29) is 10.7 Å². The number of nitrogens with zero attached hydrogens (tertiary/aromatic N) is 2. The standard InChI is InChI=1S/C19H16ClFN2O3/c20-14-11-16-13(10-15(14)21)17(22-6-8-26-9-7-22)18(19(24)25)23(16)12-4-2-1-3-5-12/h1-5,10-11H,6-9H2,(H,24,25). The second kappa shape index (κ2) is 6.63. The predicted octanol–water partition coefficient (Wildman–Crippen LogP) is 3.96. The molecule has 1 saturated heterocycles. The third kappa shape index (κ3) is 2.71. The van der Waals surface area contributed by atoms with Gasteiger partial charge < -0.3 is 19.3 Å². The van der Waals surface area contributed by atoms with Gasteiger partial charge in [-0.05, 0) is 24.3 Å². The fourth-order valence-electron chi connectivity index (χ4n) is 3.41. The molecule has 1 aromatic heterocycles. The summed E-state index contributed by atoms with van der Waals surface area (Å²) in [7, 11) is 0. The van der Waals surface area contributed by atoms with Gasteiger partial charge in [-0.15, -0.1) is 0 Å². The highest BCUT2D eigenvalue weighted by Gasteiger charge is 2.29. The summed E-state index contributed by atoms with van der Waals surface area (Å²) in [4.78, 5) is 14.1. The summed E-state index contributed by atoms with van der Waals surface area (Å²) in [5.74, 6) is -1.65. The van der Waals surface area contributed by atoms with Crippen LogP contribution in [-0.4, -0.2) is 41.9 Å². The van der Waals surface area contributed by atoms with Gasteiger partial charge >= 0.3 is 5.97 Å². The van der Waals surface area contributed by atoms with Crippen molar-refractivity contribution >= 4 is 34.2 Å². The minimum Gasteiger partial charge on any atom is -0.476 e. The molecule has 0 atom stereocenters. The van der Waals surface area contributed by atoms with Crippen LogP contribution in [0.15, 0.2) is 42.5 Å². The molecule has 4 rings (SSSR count). The Balaban J connectivity index is 2.10. The maximum Gasteiger partial charge on any atom is 0.355 e. The van der Waals surface area contributed by atoms with Crippen LogP contribution in [-0.2, 0) is 4.74 Å². The molecule has 26 heavy (non-hydrogen) atoms. The van der Waals surface area contributed by atoms with Crippen molar-refractivity contribution in [2.75, 3.05) is 31.2 Å². The molecular formula is C19H16ClFN2O3. The number of fused-ring (bicyclic) bond motifs is 1. The molecule has 3 aromatic rings. The van der Waals surface area contributed by atoms with Crippen LogP contribution in [0.3, 0.4) is 0 Å². The first-order chi connectivity index (χ1) is 12.6. The molecule has 0 amide bonds. The molecule has 2 heterocycles. The molecule has 0 aliphatic carbocycles. The van der Waals surface area contributed by atoms with E-state index in [1.807, 2.05) is 35.2 Å². The van der Waals surface area contributed by atoms with Gasteiger partial charge in [-0.2, -0.15) is 0 Å². The van der Waals surface area contributed by atoms with Crippen LogP contribution in [0.1, 0.15) is 10.5 Å². The predicted molar refractivity (Wildman–Crippen MR) is 98.2 cm³/mol. The van der Waals surface area contributed by atoms with Crippen LogP contribution in [0.5, 0.6) is 0 Å². The van der Waals surface area contributed by atoms with Crippen molar-refractivity contribution in [3.63, 3.8) is 0 Å². The fourth-order valence-corrected chi connectivity index (χ4v) is 3.57. The van der Waals surface area contributed by atoms with Crippen molar-refractivity contribution in [1.82, 2.24) is 4.57 Å². The quantitative estimate of drug-likeness (QED) is 0.754. The lowest BCUT2D eigenvalue weighted by atomic mass is 10.2. The van der Waals surface area contributed by atoms with Gasteiger partial charge in [-0.1, -0.05) is 29.8 Å². The van der Waals surface area contributed by atoms with Crippen LogP contribution in [0, 0.1) is 5.82 Å². The number of aromatic nitrogens is 1. The number of carboxylic acids is 1. The molecule has 1 aliphatic rings. The monoisotopic (exact) mass is 374 g/mol. The van der Waals surface area contributed by atoms with Crippen molar-refractivity contribution in [1.29, 1.82) is 0 Å². The Kier molecular flexibility index (Phi) is 4.30. The summed E-state index contributed by atoms with van der Waals surface area (Å²) < 4.78 is 21.2. The number of ether oxygens (including phenoxy) is 1. The SMILES string of the molecule is O=C(O)c1c(N2CCOCC2)c2cc(F)c(Cl)cc2n1-c1ccccc1. The summed E-state index contributed by atoms with van der Waals surface area (Å²) >= 11 is 6.00. The first kappa shape index (κ1) is 16.9. The van der Waals surface area contributed by atoms with E-state index < -0.39 is 11.8 Å². The maximum absolute atomic E-state index is 14.2. The zero-order valence-electron chi connectivity index (χ0n) is 13.8. The number of anilines is 1. The average Bonchev–Trinajstić information content (AvgIpc) is 2.98. The van der Waals surface area contributed by atoms with Gasteiger partial charge in [0, 0.05) is 24.2 Å². The fraction of sp³-hybridized carbons (Fsp3) is 0.211. The third-order valence-corrected chi connectivity index (χ3v) is 4.82. The lowest BCUT2D eigenvalue weighted by Crippen LogP contribution is -2.37. The summed E-state index contributed by atoms with van der Waals surface area (Å²) in [6.07, 6.45) is 0. The summed E-state index contributed by atoms with van der Waals surface area (Å²) in [6, 6.07) is 11.9. The number of benzene rings is 2. The third-order valence-electron chi connectivity index (χ3n) is 4.53. The number of carbonyl (C=O) groups is 1. The van der Waals surface area contributed by atoms with Crippen molar-refractivity contribution in [2.24, 2.45) is 0 Å². The zero-order chi connectivity index (χ0) is 18.3. The summed E-state index contributed by atoms with van der Waals surface area (Å²) in [6.45, 7) is 2.07. The normalized spacial score (nSPS) is 14.8. The molecule has 0 radical (unpaired) electrons. The number of rotatable bonds is 3. The smallest absolute Gasteiger partial charge is 0.355 e. The summed E-state index contributed by atoms with van der Waals surface area (Å²) in [5.41, 5.74) is 1.82. The Labute approximate surface area is 154 Å². The first-order valence-electron chi connectivity index (χ1n) is 8.23. The minimum absolute atomic E-state index is 0.0438. The number of hydrogen-bond donors (Lipinski definition) is 1. The van der Waals surface area contributed by atoms with E-state index in [4.69, 9.17) is 16.3 Å². The van der Waals surface area contributed by atoms with Gasteiger partial charge in [0.25, 0.3) is 0 Å². The highest BCUT2D eigenvalue weighted by molar-refractivity contribution is 6.31. The van der Waals surface area contributed by atoms with E-state index in [0.717, 1.165) is 0 Å². The summed E-state index contributed by atoms with van der Waals surface area (Å²) in [5, 5.41) is 10.5. The molecule has 5 nitrogen and oxygen atoms in total. The van der Waals surface area contributed by atoms with E-state index in [0.29, 0.717) is 48.6 Å². The molecule has 7 heteroatoms. The highest BCUT2D eigenvalue weighted by atomic mass is 35.5. The van der Waals surface area contributed by atoms with Crippen LogP contribution < -0.4 is 4.90 Å². The van der Waals surface area contributed by atoms with Crippen LogP contribution in [0.25, 0.3) is 16.6 Å². The van der Waals surface area contributed by atoms with Crippen LogP contribution in [0.2, 0.25) is 5.02 Å². The number of aromatic carboxylic acids is 1. The van der Waals surface area contributed by atoms with E-state index in [9.17, 15) is 14.3 Å². The van der Waals surface area contributed by atoms with E-state index in [2.05, 4.69) is 0 Å². The van der Waals surface area contributed by atoms with Crippen molar-refractivity contribution in [3.8, 4) is 5.69 Å². The minimum atomic E-state index is -1.08. The van der Waals surface area contributed by atoms with Crippen molar-refractivity contribution in [2.45, 2.75) is 0 Å². The van der Waals surface area contributed by atoms with Gasteiger partial charge in [0.2, 0.25) is 0 Å². The number of morpholine rings is 1. The molecule has 0 saturated carbocycles. The van der Waals surface area contributed by atoms with Crippen molar-refractivity contribution in [3.05, 3.63) is 59.0 Å². The van der Waals surface area contributed by atoms with Crippen LogP contribution in [0.4, 0.5) is 10.1 Å². The van der Waals surface area contributed by atoms with Gasteiger partial charge in [0.1, 0.15) is 5.82 Å². The number of hydrogen-bond acceptors (Lipinski definition) is 3. The maximum atomic E-state index is 14.2. The van der Waals surface area contributed by atoms with Crippen molar-refractivity contribution < 1.29 is 19.0 Å². The topological polar surface area (TPSA) is 54.7 Å². The van der Waals surface area contributed by atoms with E-state index >= 15 is 0 Å². The largest absolute Gasteiger partial charge is 0.476 e. The van der Waals surface area contributed by atoms with E-state index in [1.165, 1.54) is 12.1 Å². The first-order valence-corrected chi connectivity index (χ1v) is 8.60. The van der Waals surface area contributed by atoms with Crippen LogP contribution >= 0.6 is 11.6 Å². The number of halogens is 2. The zero-order valence-corrected chi connectivity index (χ0v) is 14.5. The second-order valence-electron chi connectivity index (χ2n) is 6.06. The van der Waals surface area contributed by atoms with Gasteiger partial charge in [0.15, 0.2) is 5.69 Å². The van der Waals surface area contributed by atoms with Gasteiger partial charge in [-0.3, -0.25) is 0 Å². The van der Waals surface area contributed by atoms with E-state index in [1.54, 1.807) is 4.57 Å². The molecule has 1 aliphatic heterocycles. The Bertz CT molecular complexity index is 982. The van der Waals surface area contributed by atoms with Gasteiger partial charge in [0.05, 0.1) is 29.4 Å². The molecule has 0 bridgehead atoms. The second-order valence-corrected chi connectivity index (χ2v) is 6.46. The number of carboxylic acid groups (broad SMARTS) is 1. The molecule has 134 valence electrons.